The van der Waals surface area contributed by atoms with Crippen LogP contribution in [0.2, 0.25) is 0 Å². The molecule has 0 aromatic heterocycles. The molecule has 1 aliphatic rings. The van der Waals surface area contributed by atoms with Crippen LogP contribution >= 0.6 is 0 Å². The van der Waals surface area contributed by atoms with E-state index in [9.17, 15) is 0 Å². The van der Waals surface area contributed by atoms with Crippen LogP contribution in [0, 0.1) is 5.92 Å². The molecule has 3 heteroatoms. The molecule has 0 spiro atoms. The predicted molar refractivity (Wildman–Crippen MR) is 63.9 cm³/mol. The number of nitrogens with zero attached hydrogens (tertiary/aromatic N) is 1. The Hall–Kier alpha value is -0.120. The van der Waals surface area contributed by atoms with Crippen LogP contribution in [0.1, 0.15) is 33.1 Å². The minimum absolute atomic E-state index is 0.636. The summed E-state index contributed by atoms with van der Waals surface area (Å²) >= 11 is 0. The Morgan fingerprint density at radius 3 is 2.53 bits per heavy atom. The summed E-state index contributed by atoms with van der Waals surface area (Å²) in [5.74, 6) is 0.636. The number of rotatable bonds is 8. The molecule has 1 saturated carbocycles. The van der Waals surface area contributed by atoms with Gasteiger partial charge in [0.2, 0.25) is 0 Å². The van der Waals surface area contributed by atoms with Crippen molar-refractivity contribution in [3.05, 3.63) is 0 Å². The topological polar surface area (TPSA) is 38.5 Å². The molecule has 0 aromatic carbocycles. The molecule has 0 atom stereocenters. The van der Waals surface area contributed by atoms with Gasteiger partial charge in [0.25, 0.3) is 0 Å². The molecule has 0 heterocycles. The Bertz CT molecular complexity index is 158. The Kier molecular flexibility index (Phi) is 6.22. The van der Waals surface area contributed by atoms with Gasteiger partial charge in [-0.05, 0) is 18.8 Å². The Morgan fingerprint density at radius 2 is 2.07 bits per heavy atom. The molecule has 1 aliphatic carbocycles. The number of nitrogens with two attached hydrogens (primary N) is 1. The molecule has 1 rings (SSSR count). The molecule has 0 unspecified atom stereocenters. The van der Waals surface area contributed by atoms with E-state index in [4.69, 9.17) is 10.5 Å². The fourth-order valence-electron chi connectivity index (χ4n) is 1.90. The van der Waals surface area contributed by atoms with Gasteiger partial charge in [0, 0.05) is 32.3 Å². The second-order valence-electron chi connectivity index (χ2n) is 4.88. The Labute approximate surface area is 94.0 Å². The van der Waals surface area contributed by atoms with Gasteiger partial charge in [0.05, 0.1) is 6.61 Å². The lowest BCUT2D eigenvalue weighted by Crippen LogP contribution is -2.44. The summed E-state index contributed by atoms with van der Waals surface area (Å²) in [6, 6.07) is 0.788. The first-order valence-corrected chi connectivity index (χ1v) is 6.26. The van der Waals surface area contributed by atoms with E-state index in [0.29, 0.717) is 5.92 Å². The van der Waals surface area contributed by atoms with Crippen molar-refractivity contribution in [3.8, 4) is 0 Å². The Balaban J connectivity index is 2.08. The summed E-state index contributed by atoms with van der Waals surface area (Å²) in [5.41, 5.74) is 5.62. The van der Waals surface area contributed by atoms with Crippen LogP contribution in [-0.4, -0.2) is 43.8 Å². The molecule has 0 radical (unpaired) electrons. The summed E-state index contributed by atoms with van der Waals surface area (Å²) in [6.45, 7) is 8.94. The summed E-state index contributed by atoms with van der Waals surface area (Å²) in [6.07, 6.45) is 4.09. The minimum Gasteiger partial charge on any atom is -0.380 e. The van der Waals surface area contributed by atoms with Gasteiger partial charge in [-0.2, -0.15) is 0 Å². The lowest BCUT2D eigenvalue weighted by Gasteiger charge is -2.37. The molecule has 3 nitrogen and oxygen atoms in total. The second-order valence-corrected chi connectivity index (χ2v) is 4.88. The molecule has 0 aliphatic heterocycles. The summed E-state index contributed by atoms with van der Waals surface area (Å²) in [4.78, 5) is 2.49. The van der Waals surface area contributed by atoms with Gasteiger partial charge in [-0.1, -0.05) is 20.3 Å². The molecule has 2 N–H and O–H groups in total. The first-order valence-electron chi connectivity index (χ1n) is 6.26. The summed E-state index contributed by atoms with van der Waals surface area (Å²) in [7, 11) is 0. The van der Waals surface area contributed by atoms with Crippen LogP contribution in [0.4, 0.5) is 0 Å². The van der Waals surface area contributed by atoms with Crippen molar-refractivity contribution in [2.24, 2.45) is 11.7 Å². The fraction of sp³-hybridized carbons (Fsp3) is 1.00. The quantitative estimate of drug-likeness (QED) is 0.622. The van der Waals surface area contributed by atoms with Crippen molar-refractivity contribution in [2.75, 3.05) is 32.8 Å². The maximum Gasteiger partial charge on any atom is 0.0593 e. The van der Waals surface area contributed by atoms with Crippen LogP contribution in [0.25, 0.3) is 0 Å². The van der Waals surface area contributed by atoms with E-state index < -0.39 is 0 Å². The molecule has 0 aromatic rings. The molecule has 0 bridgehead atoms. The minimum atomic E-state index is 0.636. The molecule has 1 fully saturated rings. The first kappa shape index (κ1) is 12.9. The molecule has 0 saturated heterocycles. The third-order valence-electron chi connectivity index (χ3n) is 2.98. The van der Waals surface area contributed by atoms with Gasteiger partial charge < -0.3 is 10.5 Å². The predicted octanol–water partition coefficient (Wildman–Crippen LogP) is 1.47. The lowest BCUT2D eigenvalue weighted by molar-refractivity contribution is 0.0557. The molecular formula is C12H26N2O. The highest BCUT2D eigenvalue weighted by molar-refractivity contribution is 4.80. The SMILES string of the molecule is CC(C)COCCN(CCN)C1CCC1. The smallest absolute Gasteiger partial charge is 0.0593 e. The second kappa shape index (κ2) is 7.20. The van der Waals surface area contributed by atoms with Gasteiger partial charge in [-0.15, -0.1) is 0 Å². The van der Waals surface area contributed by atoms with Gasteiger partial charge >= 0.3 is 0 Å². The van der Waals surface area contributed by atoms with Gasteiger partial charge in [0.1, 0.15) is 0 Å². The lowest BCUT2D eigenvalue weighted by atomic mass is 9.91. The van der Waals surface area contributed by atoms with E-state index in [-0.39, 0.29) is 0 Å². The van der Waals surface area contributed by atoms with Crippen molar-refractivity contribution < 1.29 is 4.74 Å². The van der Waals surface area contributed by atoms with Crippen molar-refractivity contribution >= 4 is 0 Å². The van der Waals surface area contributed by atoms with E-state index in [0.717, 1.165) is 38.9 Å². The third-order valence-corrected chi connectivity index (χ3v) is 2.98. The summed E-state index contributed by atoms with van der Waals surface area (Å²) < 4.78 is 5.61. The molecule has 0 amide bonds. The largest absolute Gasteiger partial charge is 0.380 e. The highest BCUT2D eigenvalue weighted by Crippen LogP contribution is 2.24. The van der Waals surface area contributed by atoms with Gasteiger partial charge in [-0.3, -0.25) is 4.90 Å². The number of hydrogen-bond donors (Lipinski definition) is 1. The van der Waals surface area contributed by atoms with Crippen molar-refractivity contribution in [3.63, 3.8) is 0 Å². The zero-order valence-corrected chi connectivity index (χ0v) is 10.2. The number of hydrogen-bond acceptors (Lipinski definition) is 3. The fourth-order valence-corrected chi connectivity index (χ4v) is 1.90. The zero-order valence-electron chi connectivity index (χ0n) is 10.2. The third kappa shape index (κ3) is 4.96. The first-order chi connectivity index (χ1) is 7.24. The van der Waals surface area contributed by atoms with E-state index >= 15 is 0 Å². The highest BCUT2D eigenvalue weighted by atomic mass is 16.5. The van der Waals surface area contributed by atoms with E-state index in [2.05, 4.69) is 18.7 Å². The molecule has 90 valence electrons. The molecule has 15 heavy (non-hydrogen) atoms. The standard InChI is InChI=1S/C12H26N2O/c1-11(2)10-15-9-8-14(7-6-13)12-4-3-5-12/h11-12H,3-10,13H2,1-2H3. The monoisotopic (exact) mass is 214 g/mol. The van der Waals surface area contributed by atoms with Gasteiger partial charge in [-0.25, -0.2) is 0 Å². The average Bonchev–Trinajstić information content (AvgIpc) is 2.09. The van der Waals surface area contributed by atoms with Crippen molar-refractivity contribution in [2.45, 2.75) is 39.2 Å². The van der Waals surface area contributed by atoms with Gasteiger partial charge in [0.15, 0.2) is 0 Å². The normalized spacial score (nSPS) is 17.4. The summed E-state index contributed by atoms with van der Waals surface area (Å²) in [5, 5.41) is 0. The van der Waals surface area contributed by atoms with Crippen molar-refractivity contribution in [1.29, 1.82) is 0 Å². The van der Waals surface area contributed by atoms with E-state index in [1.54, 1.807) is 0 Å². The van der Waals surface area contributed by atoms with E-state index in [1.165, 1.54) is 19.3 Å². The average molecular weight is 214 g/mol. The highest BCUT2D eigenvalue weighted by Gasteiger charge is 2.23. The van der Waals surface area contributed by atoms with Crippen LogP contribution in [0.3, 0.4) is 0 Å². The van der Waals surface area contributed by atoms with E-state index in [1.807, 2.05) is 0 Å². The zero-order chi connectivity index (χ0) is 11.1. The van der Waals surface area contributed by atoms with Crippen LogP contribution < -0.4 is 5.73 Å². The van der Waals surface area contributed by atoms with Crippen molar-refractivity contribution in [1.82, 2.24) is 4.90 Å². The van der Waals surface area contributed by atoms with Crippen LogP contribution in [-0.2, 0) is 4.74 Å². The van der Waals surface area contributed by atoms with Crippen LogP contribution in [0.5, 0.6) is 0 Å². The molecular weight excluding hydrogens is 188 g/mol. The maximum atomic E-state index is 5.62. The Morgan fingerprint density at radius 1 is 1.33 bits per heavy atom. The maximum absolute atomic E-state index is 5.62. The van der Waals surface area contributed by atoms with Crippen LogP contribution in [0.15, 0.2) is 0 Å². The number of ether oxygens (including phenoxy) is 1.